The van der Waals surface area contributed by atoms with Crippen molar-refractivity contribution in [3.8, 4) is 0 Å². The quantitative estimate of drug-likeness (QED) is 0.694. The first-order valence-electron chi connectivity index (χ1n) is 9.25. The molecule has 1 aromatic carbocycles. The molecule has 2 heteroatoms. The zero-order valence-electron chi connectivity index (χ0n) is 15.2. The Morgan fingerprint density at radius 1 is 1.04 bits per heavy atom. The zero-order valence-corrected chi connectivity index (χ0v) is 15.2. The Kier molecular flexibility index (Phi) is 6.17. The van der Waals surface area contributed by atoms with Crippen LogP contribution in [0.15, 0.2) is 30.3 Å². The van der Waals surface area contributed by atoms with Gasteiger partial charge in [-0.25, -0.2) is 0 Å². The van der Waals surface area contributed by atoms with E-state index in [0.29, 0.717) is 12.5 Å². The van der Waals surface area contributed by atoms with E-state index in [1.165, 1.54) is 29.5 Å². The van der Waals surface area contributed by atoms with E-state index >= 15 is 0 Å². The molecule has 0 saturated carbocycles. The minimum Gasteiger partial charge on any atom is -0.330 e. The number of nitrogens with two attached hydrogens (primary N) is 1. The molecule has 0 amide bonds. The SMILES string of the molecule is CCCC(CC)(CN)c1ccc2ccc(C(CC)CC)cc2n1. The molecule has 0 spiro atoms. The Labute approximate surface area is 141 Å². The fourth-order valence-electron chi connectivity index (χ4n) is 3.76. The largest absolute Gasteiger partial charge is 0.330 e. The molecule has 1 heterocycles. The minimum atomic E-state index is 0.0217. The van der Waals surface area contributed by atoms with Crippen LogP contribution in [0, 0.1) is 0 Å². The van der Waals surface area contributed by atoms with Crippen molar-refractivity contribution in [3.05, 3.63) is 41.6 Å². The van der Waals surface area contributed by atoms with Crippen molar-refractivity contribution >= 4 is 10.9 Å². The number of benzene rings is 1. The summed E-state index contributed by atoms with van der Waals surface area (Å²) in [5, 5.41) is 1.22. The molecular weight excluding hydrogens is 280 g/mol. The van der Waals surface area contributed by atoms with Gasteiger partial charge in [-0.3, -0.25) is 4.98 Å². The standard InChI is InChI=1S/C21H32N2/c1-5-13-21(8-4,15-22)20-12-11-17-9-10-18(14-19(17)23-20)16(6-2)7-3/h9-12,14,16H,5-8,13,15,22H2,1-4H3. The molecule has 126 valence electrons. The van der Waals surface area contributed by atoms with Gasteiger partial charge in [0.15, 0.2) is 0 Å². The highest BCUT2D eigenvalue weighted by molar-refractivity contribution is 5.79. The van der Waals surface area contributed by atoms with Gasteiger partial charge in [0, 0.05) is 23.0 Å². The van der Waals surface area contributed by atoms with Crippen molar-refractivity contribution in [3.63, 3.8) is 0 Å². The summed E-state index contributed by atoms with van der Waals surface area (Å²) in [5.74, 6) is 0.630. The Balaban J connectivity index is 2.51. The summed E-state index contributed by atoms with van der Waals surface area (Å²) in [6, 6.07) is 11.2. The third-order valence-corrected chi connectivity index (χ3v) is 5.51. The van der Waals surface area contributed by atoms with Crippen LogP contribution in [-0.2, 0) is 5.41 Å². The monoisotopic (exact) mass is 312 g/mol. The van der Waals surface area contributed by atoms with Gasteiger partial charge in [0.2, 0.25) is 0 Å². The number of fused-ring (bicyclic) bond motifs is 1. The van der Waals surface area contributed by atoms with Gasteiger partial charge in [-0.15, -0.1) is 0 Å². The molecule has 0 aliphatic heterocycles. The lowest BCUT2D eigenvalue weighted by Crippen LogP contribution is -2.35. The summed E-state index contributed by atoms with van der Waals surface area (Å²) in [4.78, 5) is 5.04. The summed E-state index contributed by atoms with van der Waals surface area (Å²) < 4.78 is 0. The maximum atomic E-state index is 6.16. The van der Waals surface area contributed by atoms with Gasteiger partial charge in [-0.1, -0.05) is 52.3 Å². The van der Waals surface area contributed by atoms with Crippen LogP contribution in [0.3, 0.4) is 0 Å². The van der Waals surface area contributed by atoms with E-state index in [0.717, 1.165) is 24.8 Å². The van der Waals surface area contributed by atoms with Crippen LogP contribution >= 0.6 is 0 Å². The molecule has 23 heavy (non-hydrogen) atoms. The first-order chi connectivity index (χ1) is 11.1. The average Bonchev–Trinajstić information content (AvgIpc) is 2.60. The van der Waals surface area contributed by atoms with Crippen LogP contribution in [0.4, 0.5) is 0 Å². The Morgan fingerprint density at radius 2 is 1.74 bits per heavy atom. The molecule has 0 bridgehead atoms. The second-order valence-corrected chi connectivity index (χ2v) is 6.75. The smallest absolute Gasteiger partial charge is 0.0708 e. The molecule has 0 radical (unpaired) electrons. The molecule has 2 nitrogen and oxygen atoms in total. The topological polar surface area (TPSA) is 38.9 Å². The van der Waals surface area contributed by atoms with Crippen LogP contribution in [0.2, 0.25) is 0 Å². The van der Waals surface area contributed by atoms with Crippen molar-refractivity contribution in [1.29, 1.82) is 0 Å². The summed E-state index contributed by atoms with van der Waals surface area (Å²) in [6.07, 6.45) is 5.64. The summed E-state index contributed by atoms with van der Waals surface area (Å²) in [5.41, 5.74) is 9.88. The van der Waals surface area contributed by atoms with Crippen LogP contribution in [0.25, 0.3) is 10.9 Å². The van der Waals surface area contributed by atoms with E-state index in [4.69, 9.17) is 10.7 Å². The predicted octanol–water partition coefficient (Wildman–Crippen LogP) is 5.55. The highest BCUT2D eigenvalue weighted by Gasteiger charge is 2.29. The van der Waals surface area contributed by atoms with Gasteiger partial charge in [-0.05, 0) is 49.3 Å². The van der Waals surface area contributed by atoms with Gasteiger partial charge in [0.1, 0.15) is 0 Å². The Bertz CT molecular complexity index is 625. The van der Waals surface area contributed by atoms with Gasteiger partial charge in [0.05, 0.1) is 5.52 Å². The highest BCUT2D eigenvalue weighted by Crippen LogP contribution is 2.33. The molecular formula is C21H32N2. The number of hydrogen-bond donors (Lipinski definition) is 1. The first-order valence-corrected chi connectivity index (χ1v) is 9.25. The van der Waals surface area contributed by atoms with Crippen LogP contribution in [-0.4, -0.2) is 11.5 Å². The molecule has 2 aromatic rings. The lowest BCUT2D eigenvalue weighted by molar-refractivity contribution is 0.375. The van der Waals surface area contributed by atoms with E-state index < -0.39 is 0 Å². The van der Waals surface area contributed by atoms with Crippen LogP contribution < -0.4 is 5.73 Å². The zero-order chi connectivity index (χ0) is 16.9. The Hall–Kier alpha value is -1.41. The molecule has 1 atom stereocenters. The minimum absolute atomic E-state index is 0.0217. The number of rotatable bonds is 8. The average molecular weight is 313 g/mol. The molecule has 2 N–H and O–H groups in total. The first kappa shape index (κ1) is 17.9. The lowest BCUT2D eigenvalue weighted by Gasteiger charge is -2.31. The van der Waals surface area contributed by atoms with Gasteiger partial charge in [0.25, 0.3) is 0 Å². The third-order valence-electron chi connectivity index (χ3n) is 5.51. The number of hydrogen-bond acceptors (Lipinski definition) is 2. The van der Waals surface area contributed by atoms with E-state index in [9.17, 15) is 0 Å². The highest BCUT2D eigenvalue weighted by atomic mass is 14.8. The van der Waals surface area contributed by atoms with Gasteiger partial charge < -0.3 is 5.73 Å². The van der Waals surface area contributed by atoms with E-state index in [1.807, 2.05) is 0 Å². The van der Waals surface area contributed by atoms with Gasteiger partial charge in [-0.2, -0.15) is 0 Å². The number of aromatic nitrogens is 1. The summed E-state index contributed by atoms with van der Waals surface area (Å²) in [7, 11) is 0. The van der Waals surface area contributed by atoms with Crippen LogP contribution in [0.1, 0.15) is 77.0 Å². The molecule has 2 rings (SSSR count). The fourth-order valence-corrected chi connectivity index (χ4v) is 3.76. The van der Waals surface area contributed by atoms with Crippen molar-refractivity contribution in [1.82, 2.24) is 4.98 Å². The summed E-state index contributed by atoms with van der Waals surface area (Å²) in [6.45, 7) is 9.66. The second kappa shape index (κ2) is 7.92. The lowest BCUT2D eigenvalue weighted by atomic mass is 9.77. The number of nitrogens with zero attached hydrogens (tertiary/aromatic N) is 1. The maximum Gasteiger partial charge on any atom is 0.0708 e. The second-order valence-electron chi connectivity index (χ2n) is 6.75. The van der Waals surface area contributed by atoms with Crippen molar-refractivity contribution in [2.45, 2.75) is 71.1 Å². The fraction of sp³-hybridized carbons (Fsp3) is 0.571. The summed E-state index contributed by atoms with van der Waals surface area (Å²) >= 11 is 0. The third kappa shape index (κ3) is 3.58. The number of pyridine rings is 1. The predicted molar refractivity (Wildman–Crippen MR) is 101 cm³/mol. The van der Waals surface area contributed by atoms with E-state index in [1.54, 1.807) is 0 Å². The van der Waals surface area contributed by atoms with Crippen molar-refractivity contribution in [2.75, 3.05) is 6.54 Å². The maximum absolute atomic E-state index is 6.16. The van der Waals surface area contributed by atoms with E-state index in [-0.39, 0.29) is 5.41 Å². The molecule has 0 aliphatic carbocycles. The van der Waals surface area contributed by atoms with E-state index in [2.05, 4.69) is 58.0 Å². The van der Waals surface area contributed by atoms with Crippen molar-refractivity contribution < 1.29 is 0 Å². The molecule has 0 aliphatic rings. The van der Waals surface area contributed by atoms with Gasteiger partial charge >= 0.3 is 0 Å². The molecule has 1 unspecified atom stereocenters. The molecule has 0 saturated heterocycles. The normalized spacial score (nSPS) is 14.3. The molecule has 0 fully saturated rings. The van der Waals surface area contributed by atoms with Crippen LogP contribution in [0.5, 0.6) is 0 Å². The Morgan fingerprint density at radius 3 is 2.30 bits per heavy atom. The molecule has 1 aromatic heterocycles. The van der Waals surface area contributed by atoms with Crippen molar-refractivity contribution in [2.24, 2.45) is 5.73 Å².